The number of ether oxygens (including phenoxy) is 1. The topological polar surface area (TPSA) is 79.9 Å². The molecule has 0 atom stereocenters. The maximum absolute atomic E-state index is 12.3. The van der Waals surface area contributed by atoms with Gasteiger partial charge in [0.05, 0.1) is 12.6 Å². The number of amides is 1. The maximum Gasteiger partial charge on any atom is 0.244 e. The van der Waals surface area contributed by atoms with Gasteiger partial charge in [0.2, 0.25) is 5.91 Å². The molecule has 2 aromatic heterocycles. The van der Waals surface area contributed by atoms with Crippen molar-refractivity contribution in [2.75, 3.05) is 13.7 Å². The van der Waals surface area contributed by atoms with Crippen LogP contribution in [0.25, 0.3) is 28.4 Å². The molecule has 2 N–H and O–H groups in total. The highest BCUT2D eigenvalue weighted by Crippen LogP contribution is 2.27. The van der Waals surface area contributed by atoms with Crippen molar-refractivity contribution in [2.24, 2.45) is 0 Å². The number of methoxy groups -OCH3 is 1. The number of nitrogens with zero attached hydrogens (tertiary/aromatic N) is 2. The van der Waals surface area contributed by atoms with Gasteiger partial charge in [-0.15, -0.1) is 0 Å². The third kappa shape index (κ3) is 4.22. The largest absolute Gasteiger partial charge is 0.495 e. The maximum atomic E-state index is 12.3. The summed E-state index contributed by atoms with van der Waals surface area (Å²) in [6.07, 6.45) is 9.37. The number of para-hydroxylation sites is 1. The van der Waals surface area contributed by atoms with Crippen molar-refractivity contribution in [2.45, 2.75) is 6.42 Å². The molecular formula is C24H22N4O2. The van der Waals surface area contributed by atoms with E-state index in [1.54, 1.807) is 37.7 Å². The van der Waals surface area contributed by atoms with Crippen molar-refractivity contribution in [3.8, 4) is 17.1 Å². The van der Waals surface area contributed by atoms with Crippen molar-refractivity contribution in [3.05, 3.63) is 84.3 Å². The number of aromatic nitrogens is 3. The van der Waals surface area contributed by atoms with Crippen LogP contribution in [0, 0.1) is 0 Å². The first-order valence-electron chi connectivity index (χ1n) is 9.71. The van der Waals surface area contributed by atoms with Gasteiger partial charge in [-0.1, -0.05) is 36.4 Å². The molecule has 0 aliphatic carbocycles. The van der Waals surface area contributed by atoms with Gasteiger partial charge in [0.15, 0.2) is 5.82 Å². The lowest BCUT2D eigenvalue weighted by Crippen LogP contribution is -2.23. The first-order valence-corrected chi connectivity index (χ1v) is 9.71. The Hall–Kier alpha value is -3.93. The van der Waals surface area contributed by atoms with Gasteiger partial charge in [0, 0.05) is 47.7 Å². The number of carbonyl (C=O) groups excluding carboxylic acids is 1. The van der Waals surface area contributed by atoms with E-state index in [1.165, 1.54) is 0 Å². The van der Waals surface area contributed by atoms with E-state index < -0.39 is 0 Å². The number of benzene rings is 2. The van der Waals surface area contributed by atoms with E-state index in [1.807, 2.05) is 48.7 Å². The van der Waals surface area contributed by atoms with Gasteiger partial charge in [0.25, 0.3) is 0 Å². The fourth-order valence-electron chi connectivity index (χ4n) is 3.40. The molecule has 0 saturated carbocycles. The number of H-pyrrole nitrogens is 1. The number of fused-ring (bicyclic) bond motifs is 1. The summed E-state index contributed by atoms with van der Waals surface area (Å²) in [6.45, 7) is 0.523. The molecule has 0 saturated heterocycles. The minimum atomic E-state index is -0.138. The standard InChI is InChI=1S/C24H22N4O2/c1-30-21-9-4-8-19-18(16-28-23(19)21)10-11-22(29)25-15-12-17-6-2-3-7-20(17)24-26-13-5-14-27-24/h2-11,13-14,16,28H,12,15H2,1H3,(H,25,29)/b11-10+. The Balaban J connectivity index is 1.39. The summed E-state index contributed by atoms with van der Waals surface area (Å²) in [7, 11) is 1.64. The van der Waals surface area contributed by atoms with Gasteiger partial charge in [-0.05, 0) is 30.2 Å². The van der Waals surface area contributed by atoms with E-state index in [2.05, 4.69) is 20.3 Å². The van der Waals surface area contributed by atoms with Crippen molar-refractivity contribution < 1.29 is 9.53 Å². The first kappa shape index (κ1) is 19.4. The summed E-state index contributed by atoms with van der Waals surface area (Å²) in [6, 6.07) is 15.6. The van der Waals surface area contributed by atoms with E-state index in [0.717, 1.165) is 33.3 Å². The van der Waals surface area contributed by atoms with Crippen molar-refractivity contribution in [1.29, 1.82) is 0 Å². The second-order valence-corrected chi connectivity index (χ2v) is 6.73. The molecule has 30 heavy (non-hydrogen) atoms. The summed E-state index contributed by atoms with van der Waals surface area (Å²) in [4.78, 5) is 24.1. The summed E-state index contributed by atoms with van der Waals surface area (Å²) in [5.41, 5.74) is 3.93. The van der Waals surface area contributed by atoms with Crippen LogP contribution >= 0.6 is 0 Å². The molecule has 0 aliphatic heterocycles. The van der Waals surface area contributed by atoms with E-state index in [-0.39, 0.29) is 5.91 Å². The molecule has 0 fully saturated rings. The Morgan fingerprint density at radius 1 is 1.10 bits per heavy atom. The molecule has 0 radical (unpaired) electrons. The number of hydrogen-bond donors (Lipinski definition) is 2. The molecule has 0 unspecified atom stereocenters. The molecular weight excluding hydrogens is 376 g/mol. The smallest absolute Gasteiger partial charge is 0.244 e. The third-order valence-electron chi connectivity index (χ3n) is 4.86. The molecule has 0 spiro atoms. The van der Waals surface area contributed by atoms with Crippen LogP contribution in [-0.2, 0) is 11.2 Å². The van der Waals surface area contributed by atoms with Gasteiger partial charge in [0.1, 0.15) is 5.75 Å². The van der Waals surface area contributed by atoms with Crippen LogP contribution in [0.4, 0.5) is 0 Å². The quantitative estimate of drug-likeness (QED) is 0.461. The molecule has 6 nitrogen and oxygen atoms in total. The number of aromatic amines is 1. The van der Waals surface area contributed by atoms with E-state index >= 15 is 0 Å². The van der Waals surface area contributed by atoms with Crippen LogP contribution in [0.2, 0.25) is 0 Å². The van der Waals surface area contributed by atoms with Crippen LogP contribution in [0.1, 0.15) is 11.1 Å². The molecule has 0 bridgehead atoms. The second-order valence-electron chi connectivity index (χ2n) is 6.73. The monoisotopic (exact) mass is 398 g/mol. The van der Waals surface area contributed by atoms with E-state index in [4.69, 9.17) is 4.74 Å². The average Bonchev–Trinajstić information content (AvgIpc) is 3.22. The molecule has 2 heterocycles. The first-order chi connectivity index (χ1) is 14.8. The SMILES string of the molecule is COc1cccc2c(/C=C/C(=O)NCCc3ccccc3-c3ncccn3)c[nH]c12. The molecule has 4 rings (SSSR count). The average molecular weight is 398 g/mol. The van der Waals surface area contributed by atoms with Crippen LogP contribution < -0.4 is 10.1 Å². The number of rotatable bonds is 7. The normalized spacial score (nSPS) is 11.1. The number of hydrogen-bond acceptors (Lipinski definition) is 4. The zero-order valence-electron chi connectivity index (χ0n) is 16.6. The van der Waals surface area contributed by atoms with Gasteiger partial charge in [-0.3, -0.25) is 4.79 Å². The van der Waals surface area contributed by atoms with Gasteiger partial charge in [-0.25, -0.2) is 9.97 Å². The van der Waals surface area contributed by atoms with Gasteiger partial charge >= 0.3 is 0 Å². The minimum Gasteiger partial charge on any atom is -0.495 e. The number of nitrogens with one attached hydrogen (secondary N) is 2. The lowest BCUT2D eigenvalue weighted by Gasteiger charge is -2.08. The Labute approximate surface area is 174 Å². The zero-order chi connectivity index (χ0) is 20.8. The Morgan fingerprint density at radius 2 is 1.93 bits per heavy atom. The lowest BCUT2D eigenvalue weighted by molar-refractivity contribution is -0.116. The van der Waals surface area contributed by atoms with Gasteiger partial charge in [-0.2, -0.15) is 0 Å². The highest BCUT2D eigenvalue weighted by molar-refractivity contribution is 5.97. The van der Waals surface area contributed by atoms with Crippen molar-refractivity contribution in [3.63, 3.8) is 0 Å². The zero-order valence-corrected chi connectivity index (χ0v) is 16.6. The van der Waals surface area contributed by atoms with E-state index in [9.17, 15) is 4.79 Å². The summed E-state index contributed by atoms with van der Waals surface area (Å²) >= 11 is 0. The van der Waals surface area contributed by atoms with Gasteiger partial charge < -0.3 is 15.0 Å². The predicted molar refractivity (Wildman–Crippen MR) is 118 cm³/mol. The van der Waals surface area contributed by atoms with Crippen molar-refractivity contribution in [1.82, 2.24) is 20.3 Å². The van der Waals surface area contributed by atoms with Crippen LogP contribution in [0.15, 0.2) is 73.2 Å². The summed E-state index contributed by atoms with van der Waals surface area (Å²) in [5, 5.41) is 3.95. The second kappa shape index (κ2) is 9.05. The molecule has 2 aromatic carbocycles. The Bertz CT molecular complexity index is 1180. The molecule has 0 aliphatic rings. The fourth-order valence-corrected chi connectivity index (χ4v) is 3.40. The van der Waals surface area contributed by atoms with Crippen LogP contribution in [0.3, 0.4) is 0 Å². The van der Waals surface area contributed by atoms with Crippen LogP contribution in [0.5, 0.6) is 5.75 Å². The molecule has 150 valence electrons. The summed E-state index contributed by atoms with van der Waals surface area (Å²) in [5.74, 6) is 1.33. The van der Waals surface area contributed by atoms with E-state index in [0.29, 0.717) is 18.8 Å². The van der Waals surface area contributed by atoms with Crippen LogP contribution in [-0.4, -0.2) is 34.5 Å². The third-order valence-corrected chi connectivity index (χ3v) is 4.86. The Kier molecular flexibility index (Phi) is 5.85. The predicted octanol–water partition coefficient (Wildman–Crippen LogP) is 4.01. The number of carbonyl (C=O) groups is 1. The molecule has 6 heteroatoms. The highest BCUT2D eigenvalue weighted by Gasteiger charge is 2.08. The Morgan fingerprint density at radius 3 is 2.77 bits per heavy atom. The van der Waals surface area contributed by atoms with Crippen molar-refractivity contribution >= 4 is 22.9 Å². The highest BCUT2D eigenvalue weighted by atomic mass is 16.5. The minimum absolute atomic E-state index is 0.138. The summed E-state index contributed by atoms with van der Waals surface area (Å²) < 4.78 is 5.36. The molecule has 1 amide bonds. The lowest BCUT2D eigenvalue weighted by atomic mass is 10.0. The molecule has 4 aromatic rings. The fraction of sp³-hybridized carbons (Fsp3) is 0.125.